The molecule has 1 aromatic heterocycles. The fourth-order valence-electron chi connectivity index (χ4n) is 4.50. The van der Waals surface area contributed by atoms with Gasteiger partial charge < -0.3 is 9.52 Å². The van der Waals surface area contributed by atoms with E-state index < -0.39 is 5.63 Å². The molecule has 0 radical (unpaired) electrons. The molecule has 4 rings (SSSR count). The van der Waals surface area contributed by atoms with Crippen LogP contribution < -0.4 is 5.63 Å². The lowest BCUT2D eigenvalue weighted by molar-refractivity contribution is 0.392. The quantitative estimate of drug-likeness (QED) is 0.541. The Morgan fingerprint density at radius 1 is 1.03 bits per heavy atom. The van der Waals surface area contributed by atoms with Crippen LogP contribution in [0.5, 0.6) is 5.75 Å². The highest BCUT2D eigenvalue weighted by Crippen LogP contribution is 2.48. The molecule has 3 heteroatoms. The third kappa shape index (κ3) is 3.87. The fourth-order valence-corrected chi connectivity index (χ4v) is 4.50. The molecule has 1 heterocycles. The first-order valence-electron chi connectivity index (χ1n) is 10.6. The van der Waals surface area contributed by atoms with Gasteiger partial charge in [0.15, 0.2) is 0 Å². The van der Waals surface area contributed by atoms with Crippen LogP contribution in [-0.2, 0) is 6.42 Å². The van der Waals surface area contributed by atoms with E-state index in [2.05, 4.69) is 26.0 Å². The highest BCUT2D eigenvalue weighted by molar-refractivity contribution is 5.43. The van der Waals surface area contributed by atoms with Gasteiger partial charge in [0.05, 0.1) is 5.56 Å². The van der Waals surface area contributed by atoms with Crippen molar-refractivity contribution in [3.05, 3.63) is 99.1 Å². The smallest absolute Gasteiger partial charge is 0.343 e. The third-order valence-corrected chi connectivity index (χ3v) is 6.11. The van der Waals surface area contributed by atoms with Crippen molar-refractivity contribution in [3.8, 4) is 5.75 Å². The highest BCUT2D eigenvalue weighted by Gasteiger charge is 2.37. The molecule has 2 aromatic carbocycles. The Morgan fingerprint density at radius 3 is 2.34 bits per heavy atom. The minimum atomic E-state index is -0.409. The minimum absolute atomic E-state index is 0.0464. The van der Waals surface area contributed by atoms with Crippen molar-refractivity contribution in [2.45, 2.75) is 51.4 Å². The number of rotatable bonds is 7. The van der Waals surface area contributed by atoms with Crippen LogP contribution in [0.1, 0.15) is 73.0 Å². The Hall–Kier alpha value is -2.81. The first kappa shape index (κ1) is 19.5. The average Bonchev–Trinajstić information content (AvgIpc) is 3.57. The summed E-state index contributed by atoms with van der Waals surface area (Å²) in [5.74, 6) is 0.839. The van der Waals surface area contributed by atoms with Crippen LogP contribution in [0.4, 0.5) is 0 Å². The Kier molecular flexibility index (Phi) is 5.57. The molecule has 0 bridgehead atoms. The number of aryl methyl sites for hydroxylation is 1. The summed E-state index contributed by atoms with van der Waals surface area (Å²) in [5.41, 5.74) is 3.46. The van der Waals surface area contributed by atoms with Gasteiger partial charge in [0.25, 0.3) is 0 Å². The summed E-state index contributed by atoms with van der Waals surface area (Å²) in [7, 11) is 0. The molecule has 3 nitrogen and oxygen atoms in total. The van der Waals surface area contributed by atoms with Crippen LogP contribution in [-0.4, -0.2) is 5.11 Å². The van der Waals surface area contributed by atoms with Crippen LogP contribution in [0.15, 0.2) is 69.9 Å². The van der Waals surface area contributed by atoms with E-state index in [-0.39, 0.29) is 17.6 Å². The molecule has 2 atom stereocenters. The van der Waals surface area contributed by atoms with Gasteiger partial charge in [-0.1, -0.05) is 68.4 Å². The van der Waals surface area contributed by atoms with Gasteiger partial charge in [0.1, 0.15) is 11.5 Å². The molecule has 0 saturated heterocycles. The third-order valence-electron chi connectivity index (χ3n) is 6.11. The molecule has 1 saturated carbocycles. The maximum Gasteiger partial charge on any atom is 0.343 e. The molecular formula is C26H28O3. The normalized spacial score (nSPS) is 15.8. The van der Waals surface area contributed by atoms with Gasteiger partial charge in [-0.15, -0.1) is 0 Å². The van der Waals surface area contributed by atoms with E-state index in [0.717, 1.165) is 36.8 Å². The molecule has 1 aliphatic carbocycles. The standard InChI is InChI=1S/C26H28O3/c1-3-17-10-8-9-13-21(17)20(4-2)23-16-22(27)25(26(28)29-23)24(19-14-15-19)18-11-6-5-7-12-18/h5-13,16,19-20,24,27H,3-4,14-15H2,1-2H3. The van der Waals surface area contributed by atoms with E-state index in [9.17, 15) is 9.90 Å². The van der Waals surface area contributed by atoms with Crippen LogP contribution in [0, 0.1) is 5.92 Å². The average molecular weight is 389 g/mol. The minimum Gasteiger partial charge on any atom is -0.507 e. The fraction of sp³-hybridized carbons (Fsp3) is 0.346. The van der Waals surface area contributed by atoms with Crippen molar-refractivity contribution in [2.24, 2.45) is 5.92 Å². The van der Waals surface area contributed by atoms with Crippen molar-refractivity contribution in [1.29, 1.82) is 0 Å². The van der Waals surface area contributed by atoms with Crippen molar-refractivity contribution >= 4 is 0 Å². The van der Waals surface area contributed by atoms with Crippen LogP contribution in [0.25, 0.3) is 0 Å². The molecule has 1 fully saturated rings. The summed E-state index contributed by atoms with van der Waals surface area (Å²) >= 11 is 0. The van der Waals surface area contributed by atoms with Crippen molar-refractivity contribution in [2.75, 3.05) is 0 Å². The zero-order valence-corrected chi connectivity index (χ0v) is 17.1. The summed E-state index contributed by atoms with van der Waals surface area (Å²) in [4.78, 5) is 13.1. The van der Waals surface area contributed by atoms with E-state index in [1.807, 2.05) is 42.5 Å². The van der Waals surface area contributed by atoms with Gasteiger partial charge in [0, 0.05) is 17.9 Å². The maximum atomic E-state index is 13.1. The predicted octanol–water partition coefficient (Wildman–Crippen LogP) is 5.99. The SMILES string of the molecule is CCc1ccccc1C(CC)c1cc(O)c(C(c2ccccc2)C2CC2)c(=O)o1. The predicted molar refractivity (Wildman–Crippen MR) is 116 cm³/mol. The molecule has 0 aliphatic heterocycles. The molecule has 3 aromatic rings. The Labute approximate surface area is 172 Å². The van der Waals surface area contributed by atoms with Crippen molar-refractivity contribution in [3.63, 3.8) is 0 Å². The van der Waals surface area contributed by atoms with Crippen LogP contribution >= 0.6 is 0 Å². The zero-order valence-electron chi connectivity index (χ0n) is 17.1. The van der Waals surface area contributed by atoms with E-state index in [4.69, 9.17) is 4.42 Å². The van der Waals surface area contributed by atoms with Gasteiger partial charge in [-0.25, -0.2) is 4.79 Å². The number of hydrogen-bond donors (Lipinski definition) is 1. The van der Waals surface area contributed by atoms with Gasteiger partial charge in [-0.3, -0.25) is 0 Å². The van der Waals surface area contributed by atoms with Gasteiger partial charge in [0.2, 0.25) is 0 Å². The first-order chi connectivity index (χ1) is 14.1. The van der Waals surface area contributed by atoms with Crippen LogP contribution in [0.2, 0.25) is 0 Å². The zero-order chi connectivity index (χ0) is 20.4. The second kappa shape index (κ2) is 8.28. The first-order valence-corrected chi connectivity index (χ1v) is 10.6. The summed E-state index contributed by atoms with van der Waals surface area (Å²) in [6, 6.07) is 19.9. The van der Waals surface area contributed by atoms with Gasteiger partial charge in [-0.2, -0.15) is 0 Å². The highest BCUT2D eigenvalue weighted by atomic mass is 16.4. The number of hydrogen-bond acceptors (Lipinski definition) is 3. The summed E-state index contributed by atoms with van der Waals surface area (Å²) < 4.78 is 5.86. The summed E-state index contributed by atoms with van der Waals surface area (Å²) in [6.07, 6.45) is 3.85. The van der Waals surface area contributed by atoms with Crippen molar-refractivity contribution < 1.29 is 9.52 Å². The largest absolute Gasteiger partial charge is 0.507 e. The maximum absolute atomic E-state index is 13.1. The van der Waals surface area contributed by atoms with E-state index in [1.54, 1.807) is 6.07 Å². The number of benzene rings is 2. The van der Waals surface area contributed by atoms with Crippen LogP contribution in [0.3, 0.4) is 0 Å². The summed E-state index contributed by atoms with van der Waals surface area (Å²) in [6.45, 7) is 4.21. The topological polar surface area (TPSA) is 50.4 Å². The summed E-state index contributed by atoms with van der Waals surface area (Å²) in [5, 5.41) is 10.9. The molecule has 1 N–H and O–H groups in total. The lowest BCUT2D eigenvalue weighted by Crippen LogP contribution is -2.17. The van der Waals surface area contributed by atoms with E-state index in [1.165, 1.54) is 5.56 Å². The van der Waals surface area contributed by atoms with E-state index in [0.29, 0.717) is 17.2 Å². The number of aromatic hydroxyl groups is 1. The lowest BCUT2D eigenvalue weighted by atomic mass is 9.86. The Bertz CT molecular complexity index is 1030. The molecule has 0 spiro atoms. The van der Waals surface area contributed by atoms with Gasteiger partial charge in [-0.05, 0) is 48.3 Å². The van der Waals surface area contributed by atoms with Gasteiger partial charge >= 0.3 is 5.63 Å². The van der Waals surface area contributed by atoms with E-state index >= 15 is 0 Å². The monoisotopic (exact) mass is 388 g/mol. The van der Waals surface area contributed by atoms with Crippen molar-refractivity contribution in [1.82, 2.24) is 0 Å². The molecule has 150 valence electrons. The molecule has 2 unspecified atom stereocenters. The molecular weight excluding hydrogens is 360 g/mol. The molecule has 0 amide bonds. The molecule has 29 heavy (non-hydrogen) atoms. The second-order valence-corrected chi connectivity index (χ2v) is 7.97. The Balaban J connectivity index is 1.78. The second-order valence-electron chi connectivity index (χ2n) is 7.97. The molecule has 1 aliphatic rings. The lowest BCUT2D eigenvalue weighted by Gasteiger charge is -2.21. The Morgan fingerprint density at radius 2 is 1.72 bits per heavy atom.